The van der Waals surface area contributed by atoms with Crippen molar-refractivity contribution in [2.24, 2.45) is 0 Å². The number of carbonyl (C=O) groups is 1. The molecule has 1 aromatic carbocycles. The van der Waals surface area contributed by atoms with Gasteiger partial charge in [-0.3, -0.25) is 9.69 Å². The molecule has 0 aliphatic carbocycles. The maximum Gasteiger partial charge on any atom is 0.238 e. The van der Waals surface area contributed by atoms with Crippen LogP contribution in [0.15, 0.2) is 24.3 Å². The van der Waals surface area contributed by atoms with Crippen molar-refractivity contribution in [3.05, 3.63) is 47.2 Å². The van der Waals surface area contributed by atoms with Crippen LogP contribution >= 0.6 is 0 Å². The number of aromatic nitrogens is 2. The molecule has 0 atom stereocenters. The second-order valence-corrected chi connectivity index (χ2v) is 7.65. The lowest BCUT2D eigenvalue weighted by molar-refractivity contribution is -0.117. The number of nitrogens with zero attached hydrogens (tertiary/aromatic N) is 3. The molecule has 0 unspecified atom stereocenters. The summed E-state index contributed by atoms with van der Waals surface area (Å²) in [6.45, 7) is 3.70. The Bertz CT molecular complexity index is 849. The van der Waals surface area contributed by atoms with Crippen molar-refractivity contribution in [2.45, 2.75) is 31.7 Å². The number of nitrogens with one attached hydrogen (secondary N) is 3. The standard InChI is InChI=1S/C21H27FN6O/c1-23-21-17-12-28(13-19(29)25-16-4-2-15(22)3-5-16)11-8-18(17)26-20(27-21)14-6-9-24-10-7-14/h2-5,14,24H,6-13H2,1H3,(H,25,29)(H,23,26,27). The highest BCUT2D eigenvalue weighted by molar-refractivity contribution is 5.92. The molecule has 2 aliphatic heterocycles. The van der Waals surface area contributed by atoms with Gasteiger partial charge in [-0.2, -0.15) is 0 Å². The van der Waals surface area contributed by atoms with E-state index in [-0.39, 0.29) is 18.3 Å². The number of halogens is 1. The van der Waals surface area contributed by atoms with Crippen LogP contribution in [-0.2, 0) is 17.8 Å². The Balaban J connectivity index is 1.43. The van der Waals surface area contributed by atoms with Crippen molar-refractivity contribution in [1.29, 1.82) is 0 Å². The van der Waals surface area contributed by atoms with Crippen molar-refractivity contribution in [3.63, 3.8) is 0 Å². The molecule has 1 fully saturated rings. The molecule has 154 valence electrons. The Kier molecular flexibility index (Phi) is 6.01. The number of fused-ring (bicyclic) bond motifs is 1. The molecule has 3 heterocycles. The maximum absolute atomic E-state index is 13.0. The van der Waals surface area contributed by atoms with Gasteiger partial charge in [0.15, 0.2) is 0 Å². The lowest BCUT2D eigenvalue weighted by Gasteiger charge is -2.30. The summed E-state index contributed by atoms with van der Waals surface area (Å²) in [6.07, 6.45) is 2.93. The SMILES string of the molecule is CNc1nc(C2CCNCC2)nc2c1CN(CC(=O)Nc1ccc(F)cc1)CC2. The first kappa shape index (κ1) is 19.7. The summed E-state index contributed by atoms with van der Waals surface area (Å²) < 4.78 is 13.0. The third-order valence-corrected chi connectivity index (χ3v) is 5.59. The number of benzene rings is 1. The van der Waals surface area contributed by atoms with E-state index in [0.29, 0.717) is 18.2 Å². The highest BCUT2D eigenvalue weighted by atomic mass is 19.1. The van der Waals surface area contributed by atoms with Gasteiger partial charge in [-0.1, -0.05) is 0 Å². The molecule has 7 nitrogen and oxygen atoms in total. The number of carbonyl (C=O) groups excluding carboxylic acids is 1. The van der Waals surface area contributed by atoms with Gasteiger partial charge >= 0.3 is 0 Å². The molecular weight excluding hydrogens is 371 g/mol. The van der Waals surface area contributed by atoms with Crippen molar-refractivity contribution in [3.8, 4) is 0 Å². The summed E-state index contributed by atoms with van der Waals surface area (Å²) in [5, 5.41) is 9.43. The molecule has 8 heteroatoms. The quantitative estimate of drug-likeness (QED) is 0.716. The van der Waals surface area contributed by atoms with Gasteiger partial charge in [0.1, 0.15) is 17.5 Å². The minimum atomic E-state index is -0.320. The molecule has 3 N–H and O–H groups in total. The number of rotatable bonds is 5. The predicted molar refractivity (Wildman–Crippen MR) is 110 cm³/mol. The topological polar surface area (TPSA) is 82.2 Å². The number of anilines is 2. The second kappa shape index (κ2) is 8.84. The monoisotopic (exact) mass is 398 g/mol. The average molecular weight is 398 g/mol. The minimum absolute atomic E-state index is 0.113. The van der Waals surface area contributed by atoms with Gasteiger partial charge in [-0.05, 0) is 50.2 Å². The van der Waals surface area contributed by atoms with Crippen LogP contribution in [0.2, 0.25) is 0 Å². The van der Waals surface area contributed by atoms with Gasteiger partial charge in [-0.15, -0.1) is 0 Å². The Morgan fingerprint density at radius 1 is 1.24 bits per heavy atom. The van der Waals surface area contributed by atoms with E-state index < -0.39 is 0 Å². The molecule has 1 aromatic heterocycles. The van der Waals surface area contributed by atoms with Crippen LogP contribution in [0.5, 0.6) is 0 Å². The van der Waals surface area contributed by atoms with Crippen molar-refractivity contribution in [1.82, 2.24) is 20.2 Å². The first-order valence-corrected chi connectivity index (χ1v) is 10.2. The molecule has 2 aliphatic rings. The maximum atomic E-state index is 13.0. The van der Waals surface area contributed by atoms with Gasteiger partial charge in [0, 0.05) is 43.7 Å². The van der Waals surface area contributed by atoms with Gasteiger partial charge < -0.3 is 16.0 Å². The molecule has 29 heavy (non-hydrogen) atoms. The first-order chi connectivity index (χ1) is 14.1. The molecular formula is C21H27FN6O. The molecule has 0 saturated carbocycles. The second-order valence-electron chi connectivity index (χ2n) is 7.65. The fourth-order valence-electron chi connectivity index (χ4n) is 4.03. The van der Waals surface area contributed by atoms with Crippen molar-refractivity contribution >= 4 is 17.4 Å². The van der Waals surface area contributed by atoms with Crippen LogP contribution in [0.4, 0.5) is 15.9 Å². The van der Waals surface area contributed by atoms with E-state index in [2.05, 4.69) is 20.9 Å². The van der Waals surface area contributed by atoms with Crippen LogP contribution in [0.25, 0.3) is 0 Å². The molecule has 0 radical (unpaired) electrons. The van der Waals surface area contributed by atoms with Crippen LogP contribution < -0.4 is 16.0 Å². The zero-order valence-corrected chi connectivity index (χ0v) is 16.7. The molecule has 0 bridgehead atoms. The van der Waals surface area contributed by atoms with E-state index in [9.17, 15) is 9.18 Å². The summed E-state index contributed by atoms with van der Waals surface area (Å²) in [5.41, 5.74) is 2.76. The van der Waals surface area contributed by atoms with Crippen LogP contribution in [0, 0.1) is 5.82 Å². The van der Waals surface area contributed by atoms with E-state index in [1.165, 1.54) is 12.1 Å². The molecule has 1 amide bonds. The molecule has 2 aromatic rings. The third-order valence-electron chi connectivity index (χ3n) is 5.59. The number of amides is 1. The highest BCUT2D eigenvalue weighted by Crippen LogP contribution is 2.29. The summed E-state index contributed by atoms with van der Waals surface area (Å²) in [7, 11) is 1.88. The summed E-state index contributed by atoms with van der Waals surface area (Å²) in [6, 6.07) is 5.80. The van der Waals surface area contributed by atoms with Gasteiger partial charge in [0.05, 0.1) is 12.2 Å². The normalized spacial score (nSPS) is 17.6. The zero-order valence-electron chi connectivity index (χ0n) is 16.7. The van der Waals surface area contributed by atoms with Crippen LogP contribution in [-0.4, -0.2) is 54.0 Å². The van der Waals surface area contributed by atoms with E-state index in [4.69, 9.17) is 9.97 Å². The Labute approximate surface area is 170 Å². The Morgan fingerprint density at radius 3 is 2.72 bits per heavy atom. The van der Waals surface area contributed by atoms with Gasteiger partial charge in [-0.25, -0.2) is 14.4 Å². The van der Waals surface area contributed by atoms with E-state index >= 15 is 0 Å². The number of hydrogen-bond acceptors (Lipinski definition) is 6. The van der Waals surface area contributed by atoms with Crippen LogP contribution in [0.3, 0.4) is 0 Å². The fourth-order valence-corrected chi connectivity index (χ4v) is 4.03. The smallest absolute Gasteiger partial charge is 0.238 e. The summed E-state index contributed by atoms with van der Waals surface area (Å²) in [4.78, 5) is 24.2. The lowest BCUT2D eigenvalue weighted by Crippen LogP contribution is -2.38. The number of hydrogen-bond donors (Lipinski definition) is 3. The van der Waals surface area contributed by atoms with E-state index in [1.807, 2.05) is 7.05 Å². The average Bonchev–Trinajstić information content (AvgIpc) is 2.75. The van der Waals surface area contributed by atoms with Gasteiger partial charge in [0.2, 0.25) is 5.91 Å². The van der Waals surface area contributed by atoms with E-state index in [1.54, 1.807) is 12.1 Å². The van der Waals surface area contributed by atoms with Crippen molar-refractivity contribution < 1.29 is 9.18 Å². The predicted octanol–water partition coefficient (Wildman–Crippen LogP) is 2.12. The number of piperidine rings is 1. The summed E-state index contributed by atoms with van der Waals surface area (Å²) >= 11 is 0. The Morgan fingerprint density at radius 2 is 2.00 bits per heavy atom. The largest absolute Gasteiger partial charge is 0.373 e. The molecule has 1 saturated heterocycles. The van der Waals surface area contributed by atoms with E-state index in [0.717, 1.165) is 61.8 Å². The summed E-state index contributed by atoms with van der Waals surface area (Å²) in [5.74, 6) is 1.79. The molecule has 4 rings (SSSR count). The minimum Gasteiger partial charge on any atom is -0.373 e. The fraction of sp³-hybridized carbons (Fsp3) is 0.476. The zero-order chi connectivity index (χ0) is 20.2. The van der Waals surface area contributed by atoms with Crippen LogP contribution in [0.1, 0.15) is 35.8 Å². The van der Waals surface area contributed by atoms with Crippen molar-refractivity contribution in [2.75, 3.05) is 43.9 Å². The lowest BCUT2D eigenvalue weighted by atomic mass is 9.96. The Hall–Kier alpha value is -2.58. The molecule has 0 spiro atoms. The third kappa shape index (κ3) is 4.71. The van der Waals surface area contributed by atoms with Gasteiger partial charge in [0.25, 0.3) is 0 Å². The first-order valence-electron chi connectivity index (χ1n) is 10.2. The highest BCUT2D eigenvalue weighted by Gasteiger charge is 2.26.